The molecule has 1 aliphatic heterocycles. The second-order valence-corrected chi connectivity index (χ2v) is 2.78. The second kappa shape index (κ2) is 3.93. The maximum absolute atomic E-state index is 10.8. The van der Waals surface area contributed by atoms with Crippen molar-refractivity contribution in [2.45, 2.75) is 6.42 Å². The van der Waals surface area contributed by atoms with Crippen LogP contribution < -0.4 is 0 Å². The van der Waals surface area contributed by atoms with Gasteiger partial charge in [0, 0.05) is 19.2 Å². The third-order valence-corrected chi connectivity index (χ3v) is 1.89. The molecule has 1 aliphatic rings. The number of nitrogens with zero attached hydrogens (tertiary/aromatic N) is 1. The minimum atomic E-state index is -0.951. The van der Waals surface area contributed by atoms with Crippen LogP contribution in [0.25, 0.3) is 0 Å². The fourth-order valence-corrected chi connectivity index (χ4v) is 1.19. The summed E-state index contributed by atoms with van der Waals surface area (Å²) in [6.45, 7) is 0.766. The maximum Gasteiger partial charge on any atom is 0.407 e. The highest BCUT2D eigenvalue weighted by atomic mass is 16.5. The van der Waals surface area contributed by atoms with E-state index in [0.717, 1.165) is 5.57 Å². The number of carbonyl (C=O) groups excluding carboxylic acids is 1. The number of carboxylic acid groups (broad SMARTS) is 1. The van der Waals surface area contributed by atoms with Gasteiger partial charge in [-0.15, -0.1) is 0 Å². The highest BCUT2D eigenvalue weighted by Crippen LogP contribution is 2.14. The van der Waals surface area contributed by atoms with Crippen LogP contribution in [0.2, 0.25) is 0 Å². The van der Waals surface area contributed by atoms with Gasteiger partial charge in [-0.3, -0.25) is 0 Å². The Kier molecular flexibility index (Phi) is 2.89. The first kappa shape index (κ1) is 9.57. The Morgan fingerprint density at radius 2 is 2.31 bits per heavy atom. The van der Waals surface area contributed by atoms with Crippen molar-refractivity contribution in [3.8, 4) is 0 Å². The highest BCUT2D eigenvalue weighted by Gasteiger charge is 2.21. The van der Waals surface area contributed by atoms with Gasteiger partial charge in [0.2, 0.25) is 0 Å². The molecule has 0 aliphatic carbocycles. The van der Waals surface area contributed by atoms with E-state index in [-0.39, 0.29) is 0 Å². The van der Waals surface area contributed by atoms with Crippen LogP contribution in [0.5, 0.6) is 0 Å². The molecule has 1 rings (SSSR count). The quantitative estimate of drug-likeness (QED) is 0.476. The molecule has 0 spiro atoms. The fraction of sp³-hybridized carbons (Fsp3) is 0.500. The fourth-order valence-electron chi connectivity index (χ4n) is 1.19. The van der Waals surface area contributed by atoms with Crippen molar-refractivity contribution in [2.75, 3.05) is 20.2 Å². The summed E-state index contributed by atoms with van der Waals surface area (Å²) in [5.74, 6) is -0.428. The molecular formula is C8H11NO4. The smallest absolute Gasteiger partial charge is 0.407 e. The van der Waals surface area contributed by atoms with Gasteiger partial charge in [0.1, 0.15) is 0 Å². The molecule has 1 heterocycles. The van der Waals surface area contributed by atoms with Crippen LogP contribution in [0.15, 0.2) is 11.6 Å². The maximum atomic E-state index is 10.8. The van der Waals surface area contributed by atoms with E-state index in [1.165, 1.54) is 18.1 Å². The van der Waals surface area contributed by atoms with Gasteiger partial charge in [0.15, 0.2) is 0 Å². The van der Waals surface area contributed by atoms with Gasteiger partial charge in [-0.2, -0.15) is 0 Å². The molecule has 0 aromatic heterocycles. The number of carbonyl (C=O) groups is 2. The number of hydrogen-bond acceptors (Lipinski definition) is 3. The molecule has 1 saturated heterocycles. The van der Waals surface area contributed by atoms with Gasteiger partial charge >= 0.3 is 12.1 Å². The Morgan fingerprint density at radius 1 is 1.62 bits per heavy atom. The zero-order chi connectivity index (χ0) is 9.84. The van der Waals surface area contributed by atoms with Crippen LogP contribution >= 0.6 is 0 Å². The summed E-state index contributed by atoms with van der Waals surface area (Å²) in [4.78, 5) is 22.5. The molecule has 0 aromatic carbocycles. The summed E-state index contributed by atoms with van der Waals surface area (Å²) < 4.78 is 4.43. The average molecular weight is 185 g/mol. The zero-order valence-corrected chi connectivity index (χ0v) is 7.32. The van der Waals surface area contributed by atoms with E-state index in [0.29, 0.717) is 19.5 Å². The van der Waals surface area contributed by atoms with Crippen molar-refractivity contribution < 1.29 is 19.4 Å². The molecule has 5 nitrogen and oxygen atoms in total. The van der Waals surface area contributed by atoms with Gasteiger partial charge < -0.3 is 14.7 Å². The monoisotopic (exact) mass is 185 g/mol. The standard InChI is InChI=1S/C8H11NO4/c1-13-7(10)4-6-2-3-9(5-6)8(11)12/h4H,2-3,5H2,1H3,(H,11,12)/b6-4-. The SMILES string of the molecule is COC(=O)/C=C1/CCN(C(=O)O)C1. The predicted molar refractivity (Wildman–Crippen MR) is 44.3 cm³/mol. The Labute approximate surface area is 75.6 Å². The van der Waals surface area contributed by atoms with Crippen molar-refractivity contribution in [1.82, 2.24) is 4.90 Å². The van der Waals surface area contributed by atoms with Gasteiger partial charge in [0.05, 0.1) is 7.11 Å². The third-order valence-electron chi connectivity index (χ3n) is 1.89. The lowest BCUT2D eigenvalue weighted by atomic mass is 10.2. The largest absolute Gasteiger partial charge is 0.466 e. The molecule has 1 fully saturated rings. The van der Waals surface area contributed by atoms with Crippen molar-refractivity contribution in [3.05, 3.63) is 11.6 Å². The molecule has 0 bridgehead atoms. The highest BCUT2D eigenvalue weighted by molar-refractivity contribution is 5.83. The molecule has 0 radical (unpaired) electrons. The van der Waals surface area contributed by atoms with E-state index in [1.807, 2.05) is 0 Å². The van der Waals surface area contributed by atoms with Crippen molar-refractivity contribution >= 4 is 12.1 Å². The lowest BCUT2D eigenvalue weighted by Crippen LogP contribution is -2.25. The first-order valence-electron chi connectivity index (χ1n) is 3.88. The molecule has 0 saturated carbocycles. The normalized spacial score (nSPS) is 19.2. The molecule has 13 heavy (non-hydrogen) atoms. The van der Waals surface area contributed by atoms with E-state index in [4.69, 9.17) is 5.11 Å². The van der Waals surface area contributed by atoms with Gasteiger partial charge in [-0.05, 0) is 12.0 Å². The number of methoxy groups -OCH3 is 1. The van der Waals surface area contributed by atoms with E-state index >= 15 is 0 Å². The Balaban J connectivity index is 2.54. The summed E-state index contributed by atoms with van der Waals surface area (Å²) >= 11 is 0. The van der Waals surface area contributed by atoms with Gasteiger partial charge in [-0.1, -0.05) is 0 Å². The molecule has 5 heteroatoms. The summed E-state index contributed by atoms with van der Waals surface area (Å²) in [5, 5.41) is 8.60. The second-order valence-electron chi connectivity index (χ2n) is 2.78. The van der Waals surface area contributed by atoms with Crippen LogP contribution in [0.1, 0.15) is 6.42 Å². The molecule has 0 aromatic rings. The molecule has 1 N–H and O–H groups in total. The summed E-state index contributed by atoms with van der Waals surface area (Å²) in [6, 6.07) is 0. The lowest BCUT2D eigenvalue weighted by molar-refractivity contribution is -0.134. The van der Waals surface area contributed by atoms with E-state index in [2.05, 4.69) is 4.74 Å². The Morgan fingerprint density at radius 3 is 2.77 bits per heavy atom. The minimum absolute atomic E-state index is 0.310. The van der Waals surface area contributed by atoms with Crippen LogP contribution in [-0.4, -0.2) is 42.3 Å². The molecular weight excluding hydrogens is 174 g/mol. The van der Waals surface area contributed by atoms with Crippen molar-refractivity contribution in [3.63, 3.8) is 0 Å². The molecule has 0 unspecified atom stereocenters. The first-order valence-corrected chi connectivity index (χ1v) is 3.88. The summed E-state index contributed by atoms with van der Waals surface area (Å²) in [5.41, 5.74) is 0.800. The van der Waals surface area contributed by atoms with Crippen molar-refractivity contribution in [2.24, 2.45) is 0 Å². The molecule has 72 valence electrons. The van der Waals surface area contributed by atoms with E-state index in [1.54, 1.807) is 0 Å². The summed E-state index contributed by atoms with van der Waals surface area (Å²) in [7, 11) is 1.29. The average Bonchev–Trinajstić information content (AvgIpc) is 2.52. The third kappa shape index (κ3) is 2.47. The topological polar surface area (TPSA) is 66.8 Å². The number of likely N-dealkylation sites (tertiary alicyclic amines) is 1. The first-order chi connectivity index (χ1) is 6.13. The van der Waals surface area contributed by atoms with Crippen LogP contribution in [0, 0.1) is 0 Å². The number of amides is 1. The van der Waals surface area contributed by atoms with Crippen LogP contribution in [0.3, 0.4) is 0 Å². The number of ether oxygens (including phenoxy) is 1. The predicted octanol–water partition coefficient (Wildman–Crippen LogP) is 0.470. The van der Waals surface area contributed by atoms with E-state index < -0.39 is 12.1 Å². The van der Waals surface area contributed by atoms with Crippen molar-refractivity contribution in [1.29, 1.82) is 0 Å². The van der Waals surface area contributed by atoms with Gasteiger partial charge in [-0.25, -0.2) is 9.59 Å². The zero-order valence-electron chi connectivity index (χ0n) is 7.32. The van der Waals surface area contributed by atoms with Crippen LogP contribution in [0.4, 0.5) is 4.79 Å². The Hall–Kier alpha value is -1.52. The number of hydrogen-bond donors (Lipinski definition) is 1. The minimum Gasteiger partial charge on any atom is -0.466 e. The lowest BCUT2D eigenvalue weighted by Gasteiger charge is -2.07. The molecule has 0 atom stereocenters. The number of esters is 1. The molecule has 1 amide bonds. The summed E-state index contributed by atoms with van der Waals surface area (Å²) in [6.07, 6.45) is 1.01. The Bertz CT molecular complexity index is 259. The number of rotatable bonds is 1. The van der Waals surface area contributed by atoms with Crippen LogP contribution in [-0.2, 0) is 9.53 Å². The van der Waals surface area contributed by atoms with E-state index in [9.17, 15) is 9.59 Å². The van der Waals surface area contributed by atoms with Gasteiger partial charge in [0.25, 0.3) is 0 Å².